The van der Waals surface area contributed by atoms with Crippen molar-refractivity contribution in [2.75, 3.05) is 84.4 Å². The molecule has 4 aromatic rings. The molecule has 2 aliphatic heterocycles. The summed E-state index contributed by atoms with van der Waals surface area (Å²) >= 11 is 0. The van der Waals surface area contributed by atoms with E-state index in [9.17, 15) is 19.2 Å². The predicted molar refractivity (Wildman–Crippen MR) is 217 cm³/mol. The number of imidazole rings is 1. The zero-order valence-electron chi connectivity index (χ0n) is 33.7. The molecule has 0 bridgehead atoms. The van der Waals surface area contributed by atoms with Crippen LogP contribution in [0.5, 0.6) is 0 Å². The number of aromatic nitrogens is 5. The SMILES string of the molecule is Cc1c[nH]c2ncnc(N[C@H]3CC[C@H](N4CCN(C(=O)COCCOCCOCCOCCCc5cccc6c5n(C)c(=O)n6C5CCC(=O)NC5=O)CC4)CC3)c12. The normalized spacial score (nSPS) is 20.6. The molecule has 7 rings (SSSR count). The van der Waals surface area contributed by atoms with Crippen LogP contribution in [0.4, 0.5) is 5.82 Å². The van der Waals surface area contributed by atoms with Gasteiger partial charge in [0.2, 0.25) is 17.7 Å². The molecule has 3 aromatic heterocycles. The van der Waals surface area contributed by atoms with Crippen LogP contribution in [0.1, 0.15) is 62.1 Å². The van der Waals surface area contributed by atoms with Gasteiger partial charge in [0.25, 0.3) is 0 Å². The number of piperazine rings is 1. The van der Waals surface area contributed by atoms with Crippen LogP contribution in [0.15, 0.2) is 35.5 Å². The molecule has 5 heterocycles. The summed E-state index contributed by atoms with van der Waals surface area (Å²) in [6, 6.07) is 5.96. The summed E-state index contributed by atoms with van der Waals surface area (Å²) in [5.41, 5.74) is 4.22. The van der Waals surface area contributed by atoms with Gasteiger partial charge in [0.1, 0.15) is 30.4 Å². The minimum Gasteiger partial charge on any atom is -0.379 e. The molecule has 1 unspecified atom stereocenters. The number of hydrogen-bond donors (Lipinski definition) is 3. The quantitative estimate of drug-likeness (QED) is 0.0931. The third-order valence-corrected chi connectivity index (χ3v) is 11.7. The molecule has 17 heteroatoms. The smallest absolute Gasteiger partial charge is 0.329 e. The number of para-hydroxylation sites is 1. The largest absolute Gasteiger partial charge is 0.379 e. The number of fused-ring (bicyclic) bond motifs is 2. The van der Waals surface area contributed by atoms with E-state index in [-0.39, 0.29) is 30.5 Å². The highest BCUT2D eigenvalue weighted by molar-refractivity contribution is 6.00. The van der Waals surface area contributed by atoms with E-state index in [4.69, 9.17) is 18.9 Å². The molecule has 1 aliphatic carbocycles. The first-order valence-corrected chi connectivity index (χ1v) is 20.7. The van der Waals surface area contributed by atoms with Gasteiger partial charge in [-0.2, -0.15) is 0 Å². The van der Waals surface area contributed by atoms with Crippen molar-refractivity contribution in [1.29, 1.82) is 0 Å². The number of rotatable bonds is 19. The van der Waals surface area contributed by atoms with Gasteiger partial charge >= 0.3 is 5.69 Å². The van der Waals surface area contributed by atoms with E-state index in [0.717, 1.165) is 91.8 Å². The molecule has 3 fully saturated rings. The van der Waals surface area contributed by atoms with Gasteiger partial charge in [0.15, 0.2) is 0 Å². The molecule has 3 aliphatic rings. The van der Waals surface area contributed by atoms with E-state index in [0.29, 0.717) is 76.7 Å². The molecule has 0 spiro atoms. The highest BCUT2D eigenvalue weighted by atomic mass is 16.6. The number of H-pyrrole nitrogens is 1. The molecule has 0 radical (unpaired) electrons. The van der Waals surface area contributed by atoms with Crippen LogP contribution in [0, 0.1) is 6.92 Å². The number of anilines is 1. The summed E-state index contributed by atoms with van der Waals surface area (Å²) in [6.07, 6.45) is 10.0. The van der Waals surface area contributed by atoms with Crippen molar-refractivity contribution in [3.63, 3.8) is 0 Å². The van der Waals surface area contributed by atoms with Gasteiger partial charge in [-0.15, -0.1) is 0 Å². The second-order valence-electron chi connectivity index (χ2n) is 15.4. The summed E-state index contributed by atoms with van der Waals surface area (Å²) in [7, 11) is 1.71. The third-order valence-electron chi connectivity index (χ3n) is 11.7. The minimum atomic E-state index is -0.704. The molecule has 58 heavy (non-hydrogen) atoms. The Hall–Kier alpha value is -4.68. The molecule has 1 atom stereocenters. The van der Waals surface area contributed by atoms with Gasteiger partial charge < -0.3 is 34.1 Å². The molecule has 2 saturated heterocycles. The summed E-state index contributed by atoms with van der Waals surface area (Å²) in [5.74, 6) is 0.189. The molecule has 3 N–H and O–H groups in total. The molecule has 3 amide bonds. The third kappa shape index (κ3) is 9.94. The van der Waals surface area contributed by atoms with E-state index in [1.807, 2.05) is 29.3 Å². The van der Waals surface area contributed by atoms with Crippen molar-refractivity contribution < 1.29 is 33.3 Å². The highest BCUT2D eigenvalue weighted by Gasteiger charge is 2.32. The van der Waals surface area contributed by atoms with Gasteiger partial charge in [-0.25, -0.2) is 14.8 Å². The van der Waals surface area contributed by atoms with Crippen LogP contribution in [-0.4, -0.2) is 143 Å². The Kier molecular flexibility index (Phi) is 14.2. The minimum absolute atomic E-state index is 0.0265. The van der Waals surface area contributed by atoms with Gasteiger partial charge in [-0.1, -0.05) is 12.1 Å². The Morgan fingerprint density at radius 2 is 1.59 bits per heavy atom. The van der Waals surface area contributed by atoms with E-state index >= 15 is 0 Å². The van der Waals surface area contributed by atoms with Crippen LogP contribution >= 0.6 is 0 Å². The first kappa shape index (κ1) is 41.5. The van der Waals surface area contributed by atoms with Crippen LogP contribution in [0.25, 0.3) is 22.1 Å². The summed E-state index contributed by atoms with van der Waals surface area (Å²) in [6.45, 7) is 8.41. The van der Waals surface area contributed by atoms with Gasteiger partial charge in [0.05, 0.1) is 56.1 Å². The first-order valence-electron chi connectivity index (χ1n) is 20.7. The molecule has 1 aromatic carbocycles. The number of amides is 3. The first-order chi connectivity index (χ1) is 28.3. The Balaban J connectivity index is 0.685. The lowest BCUT2D eigenvalue weighted by Gasteiger charge is -2.42. The second-order valence-corrected chi connectivity index (χ2v) is 15.4. The average Bonchev–Trinajstić information content (AvgIpc) is 3.74. The fourth-order valence-electron chi connectivity index (χ4n) is 8.57. The molecule has 1 saturated carbocycles. The Morgan fingerprint density at radius 3 is 2.31 bits per heavy atom. The molecule has 17 nitrogen and oxygen atoms in total. The number of aryl methyl sites for hydroxylation is 3. The Morgan fingerprint density at radius 1 is 0.879 bits per heavy atom. The van der Waals surface area contributed by atoms with E-state index in [1.54, 1.807) is 17.9 Å². The van der Waals surface area contributed by atoms with E-state index in [2.05, 4.69) is 37.4 Å². The van der Waals surface area contributed by atoms with Crippen molar-refractivity contribution in [2.45, 2.75) is 76.4 Å². The zero-order valence-corrected chi connectivity index (χ0v) is 33.7. The number of carbonyl (C=O) groups excluding carboxylic acids is 3. The molecular formula is C41H57N9O8. The number of hydrogen-bond acceptors (Lipinski definition) is 12. The van der Waals surface area contributed by atoms with Crippen molar-refractivity contribution >= 4 is 45.6 Å². The van der Waals surface area contributed by atoms with Gasteiger partial charge in [-0.3, -0.25) is 33.7 Å². The lowest BCUT2D eigenvalue weighted by molar-refractivity contribution is -0.139. The fourth-order valence-corrected chi connectivity index (χ4v) is 8.57. The maximum Gasteiger partial charge on any atom is 0.329 e. The predicted octanol–water partition coefficient (Wildman–Crippen LogP) is 2.46. The summed E-state index contributed by atoms with van der Waals surface area (Å²) in [5, 5.41) is 7.09. The number of aromatic amines is 1. The summed E-state index contributed by atoms with van der Waals surface area (Å²) < 4.78 is 25.7. The Labute approximate surface area is 337 Å². The lowest BCUT2D eigenvalue weighted by atomic mass is 9.89. The standard InChI is InChI=1S/C41H57N9O8/c1-28-25-42-38-36(28)39(44-27-43-38)45-30-8-10-31(11-9-30)48-14-16-49(17-15-48)35(52)26-58-24-23-57-22-21-56-20-19-55-18-4-6-29-5-3-7-32-37(29)47(2)41(54)50(32)33-12-13-34(51)46-40(33)53/h3,5,7,25,27,30-31,33H,4,6,8-24,26H2,1-2H3,(H,46,51,53)(H2,42,43,44,45)/t30-,31-,33?. The fraction of sp³-hybridized carbons (Fsp3) is 0.610. The van der Waals surface area contributed by atoms with E-state index < -0.39 is 11.9 Å². The molecule has 314 valence electrons. The Bertz CT molecular complexity index is 2080. The van der Waals surface area contributed by atoms with Crippen LogP contribution in [0.3, 0.4) is 0 Å². The number of nitrogens with one attached hydrogen (secondary N) is 3. The number of imide groups is 1. The second kappa shape index (κ2) is 19.8. The number of piperidine rings is 1. The van der Waals surface area contributed by atoms with Gasteiger partial charge in [-0.05, 0) is 69.1 Å². The number of carbonyl (C=O) groups is 3. The van der Waals surface area contributed by atoms with Crippen LogP contribution in [0.2, 0.25) is 0 Å². The maximum atomic E-state index is 13.1. The van der Waals surface area contributed by atoms with Crippen LogP contribution in [-0.2, 0) is 46.8 Å². The molecular weight excluding hydrogens is 747 g/mol. The lowest BCUT2D eigenvalue weighted by Crippen LogP contribution is -2.53. The average molecular weight is 804 g/mol. The maximum absolute atomic E-state index is 13.1. The number of ether oxygens (including phenoxy) is 4. The van der Waals surface area contributed by atoms with Gasteiger partial charge in [0, 0.05) is 64.5 Å². The van der Waals surface area contributed by atoms with Crippen molar-refractivity contribution in [3.05, 3.63) is 52.3 Å². The number of nitrogens with zero attached hydrogens (tertiary/aromatic N) is 6. The monoisotopic (exact) mass is 803 g/mol. The number of benzene rings is 1. The topological polar surface area (TPSA) is 187 Å². The van der Waals surface area contributed by atoms with Crippen LogP contribution < -0.4 is 16.3 Å². The summed E-state index contributed by atoms with van der Waals surface area (Å²) in [4.78, 5) is 66.6. The zero-order chi connectivity index (χ0) is 40.4. The highest BCUT2D eigenvalue weighted by Crippen LogP contribution is 2.29. The van der Waals surface area contributed by atoms with Crippen molar-refractivity contribution in [3.8, 4) is 0 Å². The van der Waals surface area contributed by atoms with Crippen molar-refractivity contribution in [1.82, 2.24) is 39.2 Å². The van der Waals surface area contributed by atoms with Crippen molar-refractivity contribution in [2.24, 2.45) is 7.05 Å². The van der Waals surface area contributed by atoms with E-state index in [1.165, 1.54) is 4.57 Å².